The minimum absolute atomic E-state index is 0.103. The molecule has 0 saturated carbocycles. The maximum absolute atomic E-state index is 6.12. The summed E-state index contributed by atoms with van der Waals surface area (Å²) >= 11 is 0. The van der Waals surface area contributed by atoms with Gasteiger partial charge in [0.1, 0.15) is 0 Å². The van der Waals surface area contributed by atoms with E-state index >= 15 is 0 Å². The highest BCUT2D eigenvalue weighted by Gasteiger charge is 2.37. The Morgan fingerprint density at radius 2 is 1.67 bits per heavy atom. The van der Waals surface area contributed by atoms with Crippen molar-refractivity contribution in [1.29, 1.82) is 0 Å². The highest BCUT2D eigenvalue weighted by atomic mass is 16.5. The van der Waals surface area contributed by atoms with E-state index in [1.54, 1.807) is 0 Å². The molecule has 21 heavy (non-hydrogen) atoms. The fourth-order valence-corrected chi connectivity index (χ4v) is 3.16. The van der Waals surface area contributed by atoms with Crippen molar-refractivity contribution in [2.45, 2.75) is 45.4 Å². The monoisotopic (exact) mass is 286 g/mol. The molecule has 1 heterocycles. The molecule has 1 aromatic rings. The Morgan fingerprint density at radius 1 is 1.10 bits per heavy atom. The molecule has 2 N–H and O–H groups in total. The van der Waals surface area contributed by atoms with E-state index in [0.29, 0.717) is 6.54 Å². The smallest absolute Gasteiger partial charge is 0.0760 e. The largest absolute Gasteiger partial charge is 0.367 e. The van der Waals surface area contributed by atoms with Gasteiger partial charge < -0.3 is 10.5 Å². The van der Waals surface area contributed by atoms with Crippen LogP contribution in [0.25, 0.3) is 0 Å². The van der Waals surface area contributed by atoms with E-state index in [4.69, 9.17) is 10.5 Å². The fourth-order valence-electron chi connectivity index (χ4n) is 3.16. The second-order valence-electron chi connectivity index (χ2n) is 6.97. The summed E-state index contributed by atoms with van der Waals surface area (Å²) in [6.07, 6.45) is 0. The molecule has 1 fully saturated rings. The average molecular weight is 286 g/mol. The van der Waals surface area contributed by atoms with Crippen molar-refractivity contribution in [3.8, 4) is 11.8 Å². The Kier molecular flexibility index (Phi) is 4.73. The quantitative estimate of drug-likeness (QED) is 0.848. The van der Waals surface area contributed by atoms with E-state index < -0.39 is 0 Å². The van der Waals surface area contributed by atoms with Crippen LogP contribution in [0.5, 0.6) is 0 Å². The third kappa shape index (κ3) is 4.86. The zero-order chi connectivity index (χ0) is 15.5. The van der Waals surface area contributed by atoms with Crippen molar-refractivity contribution >= 4 is 0 Å². The zero-order valence-corrected chi connectivity index (χ0v) is 13.6. The van der Waals surface area contributed by atoms with Crippen LogP contribution in [0.4, 0.5) is 0 Å². The first kappa shape index (κ1) is 16.0. The van der Waals surface area contributed by atoms with E-state index in [9.17, 15) is 0 Å². The molecule has 0 amide bonds. The molecule has 0 aliphatic carbocycles. The summed E-state index contributed by atoms with van der Waals surface area (Å²) in [5, 5.41) is 0. The lowest BCUT2D eigenvalue weighted by Gasteiger charge is -2.47. The lowest BCUT2D eigenvalue weighted by molar-refractivity contribution is -0.182. The van der Waals surface area contributed by atoms with Gasteiger partial charge in [-0.2, -0.15) is 0 Å². The van der Waals surface area contributed by atoms with Crippen molar-refractivity contribution < 1.29 is 4.74 Å². The predicted molar refractivity (Wildman–Crippen MR) is 86.9 cm³/mol. The van der Waals surface area contributed by atoms with Crippen LogP contribution in [-0.4, -0.2) is 35.7 Å². The fraction of sp³-hybridized carbons (Fsp3) is 0.556. The van der Waals surface area contributed by atoms with Gasteiger partial charge in [0.05, 0.1) is 17.7 Å². The summed E-state index contributed by atoms with van der Waals surface area (Å²) in [5.74, 6) is 5.93. The van der Waals surface area contributed by atoms with Gasteiger partial charge in [-0.25, -0.2) is 0 Å². The number of nitrogens with zero attached hydrogens (tertiary/aromatic N) is 1. The summed E-state index contributed by atoms with van der Waals surface area (Å²) in [6.45, 7) is 11.9. The number of hydrogen-bond donors (Lipinski definition) is 1. The minimum atomic E-state index is -0.103. The SMILES string of the molecule is CC1(C)CN(Cc2ccc(C#CCN)cc2)CC(C)(C)O1. The van der Waals surface area contributed by atoms with Gasteiger partial charge in [0.25, 0.3) is 0 Å². The van der Waals surface area contributed by atoms with Crippen molar-refractivity contribution in [3.63, 3.8) is 0 Å². The van der Waals surface area contributed by atoms with Gasteiger partial charge in [0.2, 0.25) is 0 Å². The molecule has 114 valence electrons. The lowest BCUT2D eigenvalue weighted by Crippen LogP contribution is -2.56. The van der Waals surface area contributed by atoms with Crippen molar-refractivity contribution in [3.05, 3.63) is 35.4 Å². The number of hydrogen-bond acceptors (Lipinski definition) is 3. The van der Waals surface area contributed by atoms with E-state index in [0.717, 1.165) is 25.2 Å². The molecule has 1 aliphatic heterocycles. The summed E-state index contributed by atoms with van der Waals surface area (Å²) in [6, 6.07) is 8.43. The highest BCUT2D eigenvalue weighted by Crippen LogP contribution is 2.28. The van der Waals surface area contributed by atoms with E-state index in [1.165, 1.54) is 5.56 Å². The molecule has 0 radical (unpaired) electrons. The molecule has 3 nitrogen and oxygen atoms in total. The van der Waals surface area contributed by atoms with Crippen LogP contribution in [0.15, 0.2) is 24.3 Å². The van der Waals surface area contributed by atoms with Gasteiger partial charge >= 0.3 is 0 Å². The van der Waals surface area contributed by atoms with Crippen LogP contribution < -0.4 is 5.73 Å². The number of rotatable bonds is 2. The molecule has 3 heteroatoms. The summed E-state index contributed by atoms with van der Waals surface area (Å²) in [7, 11) is 0. The van der Waals surface area contributed by atoms with Gasteiger partial charge in [0, 0.05) is 25.2 Å². The van der Waals surface area contributed by atoms with Crippen LogP contribution in [0.2, 0.25) is 0 Å². The van der Waals surface area contributed by atoms with E-state index in [1.807, 2.05) is 0 Å². The second kappa shape index (κ2) is 6.19. The lowest BCUT2D eigenvalue weighted by atomic mass is 9.98. The number of benzene rings is 1. The Hall–Kier alpha value is -1.34. The molecule has 2 rings (SSSR count). The maximum Gasteiger partial charge on any atom is 0.0760 e. The molecule has 0 unspecified atom stereocenters. The van der Waals surface area contributed by atoms with Gasteiger partial charge in [-0.1, -0.05) is 24.0 Å². The number of ether oxygens (including phenoxy) is 1. The number of nitrogens with two attached hydrogens (primary N) is 1. The topological polar surface area (TPSA) is 38.5 Å². The maximum atomic E-state index is 6.12. The third-order valence-corrected chi connectivity index (χ3v) is 3.46. The Morgan fingerprint density at radius 3 is 2.19 bits per heavy atom. The zero-order valence-electron chi connectivity index (χ0n) is 13.6. The van der Waals surface area contributed by atoms with Gasteiger partial charge in [-0.15, -0.1) is 0 Å². The van der Waals surface area contributed by atoms with Crippen molar-refractivity contribution in [2.75, 3.05) is 19.6 Å². The second-order valence-corrected chi connectivity index (χ2v) is 6.97. The summed E-state index contributed by atoms with van der Waals surface area (Å²) in [5.41, 5.74) is 7.51. The first-order valence-electron chi connectivity index (χ1n) is 7.50. The molecule has 0 aromatic heterocycles. The van der Waals surface area contributed by atoms with Crippen LogP contribution in [0, 0.1) is 11.8 Å². The predicted octanol–water partition coefficient (Wildman–Crippen LogP) is 2.39. The molecular weight excluding hydrogens is 260 g/mol. The first-order valence-corrected chi connectivity index (χ1v) is 7.50. The van der Waals surface area contributed by atoms with Gasteiger partial charge in [0.15, 0.2) is 0 Å². The van der Waals surface area contributed by atoms with Crippen LogP contribution in [0.3, 0.4) is 0 Å². The Balaban J connectivity index is 2.04. The van der Waals surface area contributed by atoms with Crippen LogP contribution in [-0.2, 0) is 11.3 Å². The molecule has 1 saturated heterocycles. The van der Waals surface area contributed by atoms with Crippen molar-refractivity contribution in [2.24, 2.45) is 5.73 Å². The molecule has 1 aromatic carbocycles. The molecule has 0 bridgehead atoms. The molecule has 0 atom stereocenters. The Labute approximate surface area is 128 Å². The summed E-state index contributed by atoms with van der Waals surface area (Å²) < 4.78 is 6.12. The minimum Gasteiger partial charge on any atom is -0.367 e. The summed E-state index contributed by atoms with van der Waals surface area (Å²) in [4.78, 5) is 2.46. The van der Waals surface area contributed by atoms with Crippen LogP contribution >= 0.6 is 0 Å². The van der Waals surface area contributed by atoms with Gasteiger partial charge in [-0.3, -0.25) is 4.90 Å². The highest BCUT2D eigenvalue weighted by molar-refractivity contribution is 5.36. The molecular formula is C18H26N2O. The number of morpholine rings is 1. The van der Waals surface area contributed by atoms with Crippen LogP contribution in [0.1, 0.15) is 38.8 Å². The average Bonchev–Trinajstić information content (AvgIpc) is 2.34. The first-order chi connectivity index (χ1) is 9.80. The molecule has 1 aliphatic rings. The third-order valence-electron chi connectivity index (χ3n) is 3.46. The standard InChI is InChI=1S/C18H26N2O/c1-17(2)13-20(14-18(3,4)21-17)12-16-9-7-15(8-10-16)6-5-11-19/h7-10H,11-14,19H2,1-4H3. The van der Waals surface area contributed by atoms with E-state index in [2.05, 4.69) is 68.7 Å². The van der Waals surface area contributed by atoms with E-state index in [-0.39, 0.29) is 11.2 Å². The van der Waals surface area contributed by atoms with Gasteiger partial charge in [-0.05, 0) is 45.4 Å². The Bertz CT molecular complexity index is 519. The van der Waals surface area contributed by atoms with Crippen molar-refractivity contribution in [1.82, 2.24) is 4.90 Å². The normalized spacial score (nSPS) is 20.6. The molecule has 0 spiro atoms.